The lowest BCUT2D eigenvalue weighted by Crippen LogP contribution is -2.45. The number of carbonyl (C=O) groups excluding carboxylic acids is 1. The third kappa shape index (κ3) is 3.23. The molecule has 0 aromatic carbocycles. The summed E-state index contributed by atoms with van der Waals surface area (Å²) in [7, 11) is 0. The second kappa shape index (κ2) is 5.16. The number of nitrogens with zero attached hydrogens (tertiary/aromatic N) is 3. The summed E-state index contributed by atoms with van der Waals surface area (Å²) >= 11 is 0. The van der Waals surface area contributed by atoms with E-state index in [0.717, 1.165) is 0 Å². The number of likely N-dealkylation sites (tertiary alicyclic amines) is 1. The zero-order chi connectivity index (χ0) is 14.0. The smallest absolute Gasteiger partial charge is 0.250 e. The SMILES string of the molecule is Cc1ncc([C@@H](C(N)=O)N2CCC(F)(F)CC2)cn1. The monoisotopic (exact) mass is 270 g/mol. The van der Waals surface area contributed by atoms with Crippen LogP contribution >= 0.6 is 0 Å². The molecule has 2 heterocycles. The minimum absolute atomic E-state index is 0.133. The standard InChI is InChI=1S/C12H16F2N4O/c1-8-16-6-9(7-17-8)10(11(15)19)18-4-2-12(13,14)3-5-18/h6-7,10H,2-5H2,1H3,(H2,15,19)/t10-/m0/s1. The van der Waals surface area contributed by atoms with E-state index in [1.165, 1.54) is 12.4 Å². The lowest BCUT2D eigenvalue weighted by Gasteiger charge is -2.35. The van der Waals surface area contributed by atoms with Crippen molar-refractivity contribution in [2.75, 3.05) is 13.1 Å². The minimum Gasteiger partial charge on any atom is -0.368 e. The number of rotatable bonds is 3. The maximum atomic E-state index is 13.1. The lowest BCUT2D eigenvalue weighted by molar-refractivity contribution is -0.127. The first kappa shape index (κ1) is 13.8. The molecule has 1 saturated heterocycles. The van der Waals surface area contributed by atoms with E-state index in [4.69, 9.17) is 5.73 Å². The zero-order valence-corrected chi connectivity index (χ0v) is 10.6. The fourth-order valence-electron chi connectivity index (χ4n) is 2.21. The average molecular weight is 270 g/mol. The quantitative estimate of drug-likeness (QED) is 0.890. The van der Waals surface area contributed by atoms with Crippen molar-refractivity contribution in [1.82, 2.24) is 14.9 Å². The predicted molar refractivity (Wildman–Crippen MR) is 64.5 cm³/mol. The Bertz CT molecular complexity index is 453. The van der Waals surface area contributed by atoms with E-state index < -0.39 is 17.9 Å². The molecule has 0 unspecified atom stereocenters. The minimum atomic E-state index is -2.65. The van der Waals surface area contributed by atoms with Crippen molar-refractivity contribution < 1.29 is 13.6 Å². The molecule has 5 nitrogen and oxygen atoms in total. The number of aromatic nitrogens is 2. The number of hydrogen-bond donors (Lipinski definition) is 1. The molecule has 104 valence electrons. The number of hydrogen-bond acceptors (Lipinski definition) is 4. The number of alkyl halides is 2. The highest BCUT2D eigenvalue weighted by atomic mass is 19.3. The van der Waals surface area contributed by atoms with Crippen LogP contribution in [0.4, 0.5) is 8.78 Å². The molecule has 7 heteroatoms. The summed E-state index contributed by atoms with van der Waals surface area (Å²) in [6.07, 6.45) is 2.52. The third-order valence-corrected chi connectivity index (χ3v) is 3.28. The van der Waals surface area contributed by atoms with Crippen molar-refractivity contribution in [3.05, 3.63) is 23.8 Å². The lowest BCUT2D eigenvalue weighted by atomic mass is 10.0. The van der Waals surface area contributed by atoms with E-state index in [1.54, 1.807) is 11.8 Å². The van der Waals surface area contributed by atoms with E-state index in [2.05, 4.69) is 9.97 Å². The van der Waals surface area contributed by atoms with Crippen LogP contribution in [0.3, 0.4) is 0 Å². The van der Waals surface area contributed by atoms with Crippen LogP contribution < -0.4 is 5.73 Å². The molecule has 2 rings (SSSR count). The summed E-state index contributed by atoms with van der Waals surface area (Å²) in [5, 5.41) is 0. The van der Waals surface area contributed by atoms with Crippen molar-refractivity contribution in [2.45, 2.75) is 31.7 Å². The summed E-state index contributed by atoms with van der Waals surface area (Å²) in [6, 6.07) is -0.739. The fraction of sp³-hybridized carbons (Fsp3) is 0.583. The second-order valence-corrected chi connectivity index (χ2v) is 4.76. The van der Waals surface area contributed by atoms with Gasteiger partial charge in [-0.1, -0.05) is 0 Å². The zero-order valence-electron chi connectivity index (χ0n) is 10.6. The second-order valence-electron chi connectivity index (χ2n) is 4.76. The summed E-state index contributed by atoms with van der Waals surface area (Å²) in [5.74, 6) is -2.64. The van der Waals surface area contributed by atoms with E-state index >= 15 is 0 Å². The Morgan fingerprint density at radius 1 is 1.37 bits per heavy atom. The molecule has 1 aromatic heterocycles. The number of primary amides is 1. The molecule has 0 radical (unpaired) electrons. The molecule has 0 saturated carbocycles. The van der Waals surface area contributed by atoms with Crippen LogP contribution in [-0.4, -0.2) is 39.8 Å². The highest BCUT2D eigenvalue weighted by molar-refractivity contribution is 5.81. The van der Waals surface area contributed by atoms with Gasteiger partial charge in [-0.15, -0.1) is 0 Å². The van der Waals surface area contributed by atoms with Crippen molar-refractivity contribution >= 4 is 5.91 Å². The number of halogens is 2. The Balaban J connectivity index is 2.17. The highest BCUT2D eigenvalue weighted by Crippen LogP contribution is 2.32. The van der Waals surface area contributed by atoms with Crippen LogP contribution in [0.25, 0.3) is 0 Å². The normalized spacial score (nSPS) is 21.0. The van der Waals surface area contributed by atoms with Gasteiger partial charge in [0.05, 0.1) is 0 Å². The first-order valence-electron chi connectivity index (χ1n) is 6.09. The van der Waals surface area contributed by atoms with Crippen LogP contribution in [0.15, 0.2) is 12.4 Å². The van der Waals surface area contributed by atoms with Crippen LogP contribution in [0.2, 0.25) is 0 Å². The van der Waals surface area contributed by atoms with Crippen molar-refractivity contribution in [1.29, 1.82) is 0 Å². The highest BCUT2D eigenvalue weighted by Gasteiger charge is 2.38. The Morgan fingerprint density at radius 2 is 1.89 bits per heavy atom. The number of aryl methyl sites for hydroxylation is 1. The predicted octanol–water partition coefficient (Wildman–Crippen LogP) is 1.04. The van der Waals surface area contributed by atoms with Gasteiger partial charge < -0.3 is 5.73 Å². The number of carbonyl (C=O) groups is 1. The molecular weight excluding hydrogens is 254 g/mol. The molecular formula is C12H16F2N4O. The topological polar surface area (TPSA) is 72.1 Å². The molecule has 1 amide bonds. The largest absolute Gasteiger partial charge is 0.368 e. The summed E-state index contributed by atoms with van der Waals surface area (Å²) in [6.45, 7) is 1.99. The number of piperidine rings is 1. The maximum Gasteiger partial charge on any atom is 0.250 e. The Kier molecular flexibility index (Phi) is 3.75. The molecule has 1 aliphatic heterocycles. The van der Waals surface area contributed by atoms with Gasteiger partial charge in [-0.05, 0) is 6.92 Å². The number of nitrogens with two attached hydrogens (primary N) is 1. The van der Waals surface area contributed by atoms with Gasteiger partial charge in [0.2, 0.25) is 5.91 Å². The van der Waals surface area contributed by atoms with Crippen LogP contribution in [0.1, 0.15) is 30.3 Å². The summed E-state index contributed by atoms with van der Waals surface area (Å²) < 4.78 is 26.3. The van der Waals surface area contributed by atoms with Gasteiger partial charge >= 0.3 is 0 Å². The molecule has 1 aliphatic rings. The van der Waals surface area contributed by atoms with Crippen molar-refractivity contribution in [3.8, 4) is 0 Å². The average Bonchev–Trinajstić information content (AvgIpc) is 2.33. The van der Waals surface area contributed by atoms with E-state index in [1.807, 2.05) is 0 Å². The van der Waals surface area contributed by atoms with E-state index in [9.17, 15) is 13.6 Å². The first-order chi connectivity index (χ1) is 8.89. The molecule has 0 aliphatic carbocycles. The molecule has 2 N–H and O–H groups in total. The Morgan fingerprint density at radius 3 is 2.37 bits per heavy atom. The maximum absolute atomic E-state index is 13.1. The van der Waals surface area contributed by atoms with Gasteiger partial charge in [0.25, 0.3) is 5.92 Å². The van der Waals surface area contributed by atoms with Crippen LogP contribution in [-0.2, 0) is 4.79 Å². The molecule has 0 spiro atoms. The Labute approximate surface area is 109 Å². The van der Waals surface area contributed by atoms with Crippen LogP contribution in [0.5, 0.6) is 0 Å². The van der Waals surface area contributed by atoms with E-state index in [0.29, 0.717) is 11.4 Å². The van der Waals surface area contributed by atoms with E-state index in [-0.39, 0.29) is 25.9 Å². The van der Waals surface area contributed by atoms with Gasteiger partial charge in [0.15, 0.2) is 0 Å². The van der Waals surface area contributed by atoms with Gasteiger partial charge in [0.1, 0.15) is 11.9 Å². The Hall–Kier alpha value is -1.63. The summed E-state index contributed by atoms with van der Waals surface area (Å²) in [4.78, 5) is 21.3. The number of amides is 1. The molecule has 0 bridgehead atoms. The molecule has 1 aromatic rings. The van der Waals surface area contributed by atoms with Gasteiger partial charge in [-0.3, -0.25) is 9.69 Å². The van der Waals surface area contributed by atoms with Crippen molar-refractivity contribution in [3.63, 3.8) is 0 Å². The molecule has 1 atom stereocenters. The fourth-order valence-corrected chi connectivity index (χ4v) is 2.21. The third-order valence-electron chi connectivity index (χ3n) is 3.28. The summed E-state index contributed by atoms with van der Waals surface area (Å²) in [5.41, 5.74) is 5.93. The van der Waals surface area contributed by atoms with Gasteiger partial charge in [-0.25, -0.2) is 18.7 Å². The van der Waals surface area contributed by atoms with Crippen molar-refractivity contribution in [2.24, 2.45) is 5.73 Å². The first-order valence-corrected chi connectivity index (χ1v) is 6.09. The van der Waals surface area contributed by atoms with Gasteiger partial charge in [0, 0.05) is 43.9 Å². The van der Waals surface area contributed by atoms with Crippen LogP contribution in [0, 0.1) is 6.92 Å². The molecule has 1 fully saturated rings. The molecule has 19 heavy (non-hydrogen) atoms. The van der Waals surface area contributed by atoms with Gasteiger partial charge in [-0.2, -0.15) is 0 Å².